The molecule has 26 heavy (non-hydrogen) atoms. The highest BCUT2D eigenvalue weighted by Gasteiger charge is 2.29. The van der Waals surface area contributed by atoms with Gasteiger partial charge < -0.3 is 10.2 Å². The summed E-state index contributed by atoms with van der Waals surface area (Å²) in [6, 6.07) is 0. The van der Waals surface area contributed by atoms with Crippen LogP contribution in [0.1, 0.15) is 65.7 Å². The van der Waals surface area contributed by atoms with E-state index in [4.69, 9.17) is 5.11 Å². The Labute approximate surface area is 157 Å². The molecule has 0 radical (unpaired) electrons. The lowest BCUT2D eigenvalue weighted by Gasteiger charge is -2.28. The van der Waals surface area contributed by atoms with Crippen LogP contribution in [0.4, 0.5) is 0 Å². The van der Waals surface area contributed by atoms with Crippen LogP contribution in [-0.4, -0.2) is 28.1 Å². The summed E-state index contributed by atoms with van der Waals surface area (Å²) in [4.78, 5) is 22.6. The maximum Gasteiger partial charge on any atom is 0.303 e. The monoisotopic (exact) mass is 362 g/mol. The Balaban J connectivity index is 2.54. The van der Waals surface area contributed by atoms with Crippen molar-refractivity contribution in [1.29, 1.82) is 0 Å². The summed E-state index contributed by atoms with van der Waals surface area (Å²) in [5, 5.41) is 19.1. The zero-order valence-electron chi connectivity index (χ0n) is 16.4. The summed E-state index contributed by atoms with van der Waals surface area (Å²) in [7, 11) is 0. The minimum Gasteiger partial charge on any atom is -0.481 e. The van der Waals surface area contributed by atoms with Gasteiger partial charge in [-0.1, -0.05) is 64.0 Å². The normalized spacial score (nSPS) is 21.9. The van der Waals surface area contributed by atoms with E-state index in [9.17, 15) is 14.7 Å². The van der Waals surface area contributed by atoms with Crippen molar-refractivity contribution in [3.8, 4) is 0 Å². The van der Waals surface area contributed by atoms with Crippen molar-refractivity contribution < 1.29 is 19.8 Å². The topological polar surface area (TPSA) is 74.6 Å². The summed E-state index contributed by atoms with van der Waals surface area (Å²) < 4.78 is 0. The van der Waals surface area contributed by atoms with Crippen molar-refractivity contribution >= 4 is 11.8 Å². The molecule has 0 amide bonds. The highest BCUT2D eigenvalue weighted by Crippen LogP contribution is 2.31. The maximum absolute atomic E-state index is 12.1. The van der Waals surface area contributed by atoms with Crippen molar-refractivity contribution in [3.05, 3.63) is 36.5 Å². The van der Waals surface area contributed by atoms with Crippen LogP contribution in [0.15, 0.2) is 36.5 Å². The number of aliphatic hydroxyl groups is 1. The first-order valence-electron chi connectivity index (χ1n) is 9.73. The first kappa shape index (κ1) is 22.4. The van der Waals surface area contributed by atoms with Crippen molar-refractivity contribution in [1.82, 2.24) is 0 Å². The zero-order valence-corrected chi connectivity index (χ0v) is 16.4. The molecule has 0 saturated carbocycles. The predicted octanol–water partition coefficient (Wildman–Crippen LogP) is 4.69. The Morgan fingerprint density at radius 1 is 1.31 bits per heavy atom. The van der Waals surface area contributed by atoms with Crippen molar-refractivity contribution in [2.75, 3.05) is 0 Å². The molecular weight excluding hydrogens is 328 g/mol. The van der Waals surface area contributed by atoms with E-state index in [-0.39, 0.29) is 29.5 Å². The van der Waals surface area contributed by atoms with E-state index in [0.29, 0.717) is 19.3 Å². The highest BCUT2D eigenvalue weighted by atomic mass is 16.4. The molecule has 0 bridgehead atoms. The molecule has 4 heteroatoms. The van der Waals surface area contributed by atoms with Gasteiger partial charge in [-0.3, -0.25) is 9.59 Å². The van der Waals surface area contributed by atoms with Crippen molar-refractivity contribution in [2.24, 2.45) is 17.3 Å². The Hall–Kier alpha value is -1.68. The fraction of sp³-hybridized carbons (Fsp3) is 0.636. The Morgan fingerprint density at radius 2 is 2.04 bits per heavy atom. The van der Waals surface area contributed by atoms with Crippen LogP contribution in [0, 0.1) is 17.3 Å². The lowest BCUT2D eigenvalue weighted by atomic mass is 9.80. The van der Waals surface area contributed by atoms with Gasteiger partial charge in [-0.25, -0.2) is 0 Å². The first-order chi connectivity index (χ1) is 12.3. The molecule has 0 heterocycles. The second-order valence-corrected chi connectivity index (χ2v) is 7.86. The van der Waals surface area contributed by atoms with Gasteiger partial charge in [0.15, 0.2) is 5.78 Å². The van der Waals surface area contributed by atoms with E-state index in [1.807, 2.05) is 30.4 Å². The largest absolute Gasteiger partial charge is 0.481 e. The lowest BCUT2D eigenvalue weighted by Crippen LogP contribution is -2.27. The molecule has 0 unspecified atom stereocenters. The van der Waals surface area contributed by atoms with Gasteiger partial charge in [-0.2, -0.15) is 0 Å². The number of aliphatic hydroxyl groups excluding tert-OH is 1. The fourth-order valence-corrected chi connectivity index (χ4v) is 3.13. The highest BCUT2D eigenvalue weighted by molar-refractivity contribution is 5.95. The van der Waals surface area contributed by atoms with Gasteiger partial charge in [-0.05, 0) is 37.2 Å². The lowest BCUT2D eigenvalue weighted by molar-refractivity contribution is -0.137. The number of hydrogen-bond donors (Lipinski definition) is 2. The molecule has 0 aliphatic heterocycles. The SMILES string of the molecule is CCCCC(C)(C)[C@H](O)/C=C/[C@H]1C=CC(=O)[C@@H]1C/C=C/CCCC(=O)O. The standard InChI is InChI=1S/C22H34O4/c1-4-5-16-22(2,3)20(24)15-13-17-12-14-19(23)18(17)10-8-6-7-9-11-21(25)26/h6,8,12-15,17-18,20,24H,4-5,7,9-11,16H2,1-3H3,(H,25,26)/b8-6+,15-13+/t17-,18-,20-/m1/s1. The number of aliphatic carboxylic acids is 1. The van der Waals surface area contributed by atoms with Crippen LogP contribution in [0.25, 0.3) is 0 Å². The second kappa shape index (κ2) is 11.1. The molecule has 1 rings (SSSR count). The average molecular weight is 363 g/mol. The number of rotatable bonds is 12. The van der Waals surface area contributed by atoms with Gasteiger partial charge in [0.2, 0.25) is 0 Å². The van der Waals surface area contributed by atoms with Gasteiger partial charge in [0, 0.05) is 18.3 Å². The molecule has 0 spiro atoms. The Morgan fingerprint density at radius 3 is 2.69 bits per heavy atom. The van der Waals surface area contributed by atoms with Crippen LogP contribution >= 0.6 is 0 Å². The number of unbranched alkanes of at least 4 members (excludes halogenated alkanes) is 2. The molecular formula is C22H34O4. The van der Waals surface area contributed by atoms with E-state index in [1.165, 1.54) is 0 Å². The van der Waals surface area contributed by atoms with E-state index < -0.39 is 12.1 Å². The van der Waals surface area contributed by atoms with E-state index in [1.54, 1.807) is 6.08 Å². The number of carbonyl (C=O) groups is 2. The van der Waals surface area contributed by atoms with Crippen LogP contribution in [0.2, 0.25) is 0 Å². The van der Waals surface area contributed by atoms with Gasteiger partial charge in [0.1, 0.15) is 0 Å². The van der Waals surface area contributed by atoms with Crippen LogP contribution < -0.4 is 0 Å². The van der Waals surface area contributed by atoms with Crippen molar-refractivity contribution in [3.63, 3.8) is 0 Å². The Bertz CT molecular complexity index is 542. The fourth-order valence-electron chi connectivity index (χ4n) is 3.13. The van der Waals surface area contributed by atoms with Gasteiger partial charge >= 0.3 is 5.97 Å². The van der Waals surface area contributed by atoms with Crippen LogP contribution in [-0.2, 0) is 9.59 Å². The summed E-state index contributed by atoms with van der Waals surface area (Å²) in [5.74, 6) is -0.760. The molecule has 0 saturated heterocycles. The third-order valence-corrected chi connectivity index (χ3v) is 5.12. The number of hydrogen-bond acceptors (Lipinski definition) is 3. The second-order valence-electron chi connectivity index (χ2n) is 7.86. The summed E-state index contributed by atoms with van der Waals surface area (Å²) in [5.41, 5.74) is -0.168. The predicted molar refractivity (Wildman–Crippen MR) is 105 cm³/mol. The van der Waals surface area contributed by atoms with Crippen LogP contribution in [0.3, 0.4) is 0 Å². The van der Waals surface area contributed by atoms with E-state index in [0.717, 1.165) is 19.3 Å². The third kappa shape index (κ3) is 7.69. The molecule has 0 aromatic heterocycles. The Kier molecular flexibility index (Phi) is 9.57. The molecule has 1 aliphatic rings. The smallest absolute Gasteiger partial charge is 0.303 e. The summed E-state index contributed by atoms with van der Waals surface area (Å²) >= 11 is 0. The minimum absolute atomic E-state index is 0.0165. The van der Waals surface area contributed by atoms with E-state index in [2.05, 4.69) is 20.8 Å². The number of allylic oxidation sites excluding steroid dienone is 5. The number of carboxylic acids is 1. The van der Waals surface area contributed by atoms with Gasteiger partial charge in [-0.15, -0.1) is 0 Å². The molecule has 4 nitrogen and oxygen atoms in total. The maximum atomic E-state index is 12.1. The van der Waals surface area contributed by atoms with E-state index >= 15 is 0 Å². The number of carbonyl (C=O) groups excluding carboxylic acids is 1. The zero-order chi connectivity index (χ0) is 19.6. The molecule has 0 aromatic rings. The number of ketones is 1. The van der Waals surface area contributed by atoms with Gasteiger partial charge in [0.05, 0.1) is 6.10 Å². The number of carboxylic acid groups (broad SMARTS) is 1. The average Bonchev–Trinajstić information content (AvgIpc) is 2.93. The quantitative estimate of drug-likeness (QED) is 0.390. The first-order valence-corrected chi connectivity index (χ1v) is 9.73. The molecule has 2 N–H and O–H groups in total. The molecule has 0 fully saturated rings. The minimum atomic E-state index is -0.779. The summed E-state index contributed by atoms with van der Waals surface area (Å²) in [6.07, 6.45) is 16.1. The third-order valence-electron chi connectivity index (χ3n) is 5.12. The molecule has 3 atom stereocenters. The van der Waals surface area contributed by atoms with Crippen molar-refractivity contribution in [2.45, 2.75) is 71.8 Å². The van der Waals surface area contributed by atoms with Crippen LogP contribution in [0.5, 0.6) is 0 Å². The summed E-state index contributed by atoms with van der Waals surface area (Å²) in [6.45, 7) is 6.29. The molecule has 0 aromatic carbocycles. The van der Waals surface area contributed by atoms with Gasteiger partial charge in [0.25, 0.3) is 0 Å². The molecule has 146 valence electrons. The molecule has 1 aliphatic carbocycles.